The zero-order valence-corrected chi connectivity index (χ0v) is 13.7. The number of nitrogens with one attached hydrogen (secondary N) is 1. The van der Waals surface area contributed by atoms with Gasteiger partial charge < -0.3 is 5.32 Å². The van der Waals surface area contributed by atoms with Crippen molar-refractivity contribution in [3.8, 4) is 0 Å². The van der Waals surface area contributed by atoms with Crippen LogP contribution in [0.1, 0.15) is 18.4 Å². The van der Waals surface area contributed by atoms with Gasteiger partial charge >= 0.3 is 0 Å². The van der Waals surface area contributed by atoms with E-state index < -0.39 is 10.0 Å². The first-order valence-electron chi connectivity index (χ1n) is 6.79. The van der Waals surface area contributed by atoms with Crippen LogP contribution >= 0.6 is 11.6 Å². The quantitative estimate of drug-likeness (QED) is 0.924. The van der Waals surface area contributed by atoms with Crippen molar-refractivity contribution < 1.29 is 13.2 Å². The van der Waals surface area contributed by atoms with Gasteiger partial charge in [-0.15, -0.1) is 0 Å². The van der Waals surface area contributed by atoms with Crippen molar-refractivity contribution >= 4 is 33.2 Å². The van der Waals surface area contributed by atoms with Crippen molar-refractivity contribution in [2.45, 2.75) is 19.8 Å². The normalized spacial score (nSPS) is 20.2. The van der Waals surface area contributed by atoms with Crippen LogP contribution in [0.15, 0.2) is 18.2 Å². The zero-order valence-electron chi connectivity index (χ0n) is 12.1. The predicted molar refractivity (Wildman–Crippen MR) is 84.0 cm³/mol. The van der Waals surface area contributed by atoms with Crippen LogP contribution in [0.2, 0.25) is 5.02 Å². The Morgan fingerprint density at radius 1 is 1.43 bits per heavy atom. The van der Waals surface area contributed by atoms with Gasteiger partial charge in [0, 0.05) is 23.8 Å². The molecular formula is C14H19ClN2O3S. The number of anilines is 1. The van der Waals surface area contributed by atoms with Gasteiger partial charge in [0.15, 0.2) is 0 Å². The molecule has 5 nitrogen and oxygen atoms in total. The Balaban J connectivity index is 2.06. The number of benzene rings is 1. The second-order valence-corrected chi connectivity index (χ2v) is 7.83. The van der Waals surface area contributed by atoms with Crippen molar-refractivity contribution in [1.82, 2.24) is 4.31 Å². The lowest BCUT2D eigenvalue weighted by Crippen LogP contribution is -2.43. The third kappa shape index (κ3) is 4.18. The number of sulfonamides is 1. The molecule has 0 bridgehead atoms. The molecule has 1 fully saturated rings. The largest absolute Gasteiger partial charge is 0.326 e. The van der Waals surface area contributed by atoms with Crippen molar-refractivity contribution in [2.24, 2.45) is 5.92 Å². The van der Waals surface area contributed by atoms with Gasteiger partial charge in [0.25, 0.3) is 0 Å². The molecule has 1 aliphatic heterocycles. The lowest BCUT2D eigenvalue weighted by molar-refractivity contribution is -0.120. The summed E-state index contributed by atoms with van der Waals surface area (Å²) >= 11 is 5.89. The molecule has 1 amide bonds. The molecule has 0 unspecified atom stereocenters. The number of piperidine rings is 1. The number of nitrogens with zero attached hydrogens (tertiary/aromatic N) is 1. The van der Waals surface area contributed by atoms with Gasteiger partial charge in [-0.25, -0.2) is 12.7 Å². The summed E-state index contributed by atoms with van der Waals surface area (Å²) in [6.07, 6.45) is 2.58. The zero-order chi connectivity index (χ0) is 15.6. The molecule has 1 N–H and O–H groups in total. The summed E-state index contributed by atoms with van der Waals surface area (Å²) in [5, 5.41) is 3.48. The SMILES string of the molecule is Cc1cc(Cl)ccc1NC(=O)[C@H]1CCCN(S(C)(=O)=O)C1. The summed E-state index contributed by atoms with van der Waals surface area (Å²) in [4.78, 5) is 12.3. The lowest BCUT2D eigenvalue weighted by atomic mass is 9.98. The Morgan fingerprint density at radius 2 is 2.14 bits per heavy atom. The minimum atomic E-state index is -3.24. The molecule has 0 saturated carbocycles. The number of hydrogen-bond acceptors (Lipinski definition) is 3. The van der Waals surface area contributed by atoms with E-state index in [0.717, 1.165) is 5.56 Å². The van der Waals surface area contributed by atoms with E-state index in [4.69, 9.17) is 11.6 Å². The summed E-state index contributed by atoms with van der Waals surface area (Å²) < 4.78 is 24.5. The molecule has 0 radical (unpaired) electrons. The predicted octanol–water partition coefficient (Wildman–Crippen LogP) is 2.26. The van der Waals surface area contributed by atoms with E-state index in [1.807, 2.05) is 6.92 Å². The lowest BCUT2D eigenvalue weighted by Gasteiger charge is -2.30. The molecule has 21 heavy (non-hydrogen) atoms. The molecule has 7 heteroatoms. The number of carbonyl (C=O) groups is 1. The Bertz CT molecular complexity index is 646. The first kappa shape index (κ1) is 16.3. The second-order valence-electron chi connectivity index (χ2n) is 5.41. The molecule has 1 saturated heterocycles. The number of carbonyl (C=O) groups excluding carboxylic acids is 1. The smallest absolute Gasteiger partial charge is 0.228 e. The standard InChI is InChI=1S/C14H19ClN2O3S/c1-10-8-12(15)5-6-13(10)16-14(18)11-4-3-7-17(9-11)21(2,19)20/h5-6,8,11H,3-4,7,9H2,1-2H3,(H,16,18)/t11-/m0/s1. The number of hydrogen-bond donors (Lipinski definition) is 1. The van der Waals surface area contributed by atoms with E-state index in [1.165, 1.54) is 10.6 Å². The van der Waals surface area contributed by atoms with Crippen LogP contribution in [0.3, 0.4) is 0 Å². The summed E-state index contributed by atoms with van der Waals surface area (Å²) in [5.41, 5.74) is 1.59. The van der Waals surface area contributed by atoms with Crippen LogP contribution in [0, 0.1) is 12.8 Å². The molecule has 1 aliphatic rings. The van der Waals surface area contributed by atoms with Crippen LogP contribution < -0.4 is 5.32 Å². The molecular weight excluding hydrogens is 312 g/mol. The van der Waals surface area contributed by atoms with Crippen LogP contribution in [0.25, 0.3) is 0 Å². The maximum Gasteiger partial charge on any atom is 0.228 e. The summed E-state index contributed by atoms with van der Waals surface area (Å²) in [5.74, 6) is -0.461. The average Bonchev–Trinajstić information content (AvgIpc) is 2.41. The van der Waals surface area contributed by atoms with Gasteiger partial charge in [0.1, 0.15) is 0 Å². The number of aryl methyl sites for hydroxylation is 1. The highest BCUT2D eigenvalue weighted by Crippen LogP contribution is 2.23. The monoisotopic (exact) mass is 330 g/mol. The van der Waals surface area contributed by atoms with Crippen LogP contribution in [0.4, 0.5) is 5.69 Å². The van der Waals surface area contributed by atoms with Gasteiger partial charge in [0.05, 0.1) is 12.2 Å². The van der Waals surface area contributed by atoms with Crippen molar-refractivity contribution in [2.75, 3.05) is 24.7 Å². The molecule has 116 valence electrons. The van der Waals surface area contributed by atoms with E-state index in [9.17, 15) is 13.2 Å². The third-order valence-corrected chi connectivity index (χ3v) is 5.18. The summed E-state index contributed by atoms with van der Waals surface area (Å²) in [6, 6.07) is 5.25. The fraction of sp³-hybridized carbons (Fsp3) is 0.500. The van der Waals surface area contributed by atoms with E-state index in [0.29, 0.717) is 30.1 Å². The van der Waals surface area contributed by atoms with Gasteiger partial charge in [-0.05, 0) is 43.5 Å². The van der Waals surface area contributed by atoms with Gasteiger partial charge in [-0.1, -0.05) is 11.6 Å². The molecule has 0 aliphatic carbocycles. The van der Waals surface area contributed by atoms with E-state index in [-0.39, 0.29) is 18.4 Å². The fourth-order valence-electron chi connectivity index (χ4n) is 2.46. The van der Waals surface area contributed by atoms with Crippen LogP contribution in [0.5, 0.6) is 0 Å². The topological polar surface area (TPSA) is 66.5 Å². The van der Waals surface area contributed by atoms with E-state index in [1.54, 1.807) is 18.2 Å². The van der Waals surface area contributed by atoms with Crippen molar-refractivity contribution in [3.63, 3.8) is 0 Å². The molecule has 0 aromatic heterocycles. The van der Waals surface area contributed by atoms with Gasteiger partial charge in [-0.2, -0.15) is 0 Å². The highest BCUT2D eigenvalue weighted by molar-refractivity contribution is 7.88. The minimum absolute atomic E-state index is 0.145. The van der Waals surface area contributed by atoms with E-state index >= 15 is 0 Å². The second kappa shape index (κ2) is 6.34. The number of halogens is 1. The Labute approximate surface area is 130 Å². The molecule has 2 rings (SSSR count). The van der Waals surface area contributed by atoms with E-state index in [2.05, 4.69) is 5.32 Å². The molecule has 1 heterocycles. The Morgan fingerprint density at radius 3 is 2.76 bits per heavy atom. The summed E-state index contributed by atoms with van der Waals surface area (Å²) in [6.45, 7) is 2.60. The number of rotatable bonds is 3. The van der Waals surface area contributed by atoms with Gasteiger partial charge in [0.2, 0.25) is 15.9 Å². The van der Waals surface area contributed by atoms with Gasteiger partial charge in [-0.3, -0.25) is 4.79 Å². The average molecular weight is 331 g/mol. The Hall–Kier alpha value is -1.11. The van der Waals surface area contributed by atoms with Crippen molar-refractivity contribution in [3.05, 3.63) is 28.8 Å². The first-order valence-corrected chi connectivity index (χ1v) is 9.02. The maximum absolute atomic E-state index is 12.3. The third-order valence-electron chi connectivity index (χ3n) is 3.67. The fourth-order valence-corrected chi connectivity index (χ4v) is 3.60. The molecule has 1 atom stereocenters. The van der Waals surface area contributed by atoms with Crippen LogP contribution in [-0.4, -0.2) is 38.0 Å². The maximum atomic E-state index is 12.3. The summed E-state index contributed by atoms with van der Waals surface area (Å²) in [7, 11) is -3.24. The molecule has 1 aromatic rings. The minimum Gasteiger partial charge on any atom is -0.326 e. The first-order chi connectivity index (χ1) is 9.77. The highest BCUT2D eigenvalue weighted by atomic mass is 35.5. The van der Waals surface area contributed by atoms with Crippen LogP contribution in [-0.2, 0) is 14.8 Å². The highest BCUT2D eigenvalue weighted by Gasteiger charge is 2.30. The molecule has 0 spiro atoms. The molecule has 1 aromatic carbocycles. The Kier molecular flexibility index (Phi) is 4.91. The number of amides is 1. The van der Waals surface area contributed by atoms with Crippen molar-refractivity contribution in [1.29, 1.82) is 0 Å².